The van der Waals surface area contributed by atoms with Gasteiger partial charge >= 0.3 is 0 Å². The first-order chi connectivity index (χ1) is 41.3. The second-order valence-corrected chi connectivity index (χ2v) is 25.4. The third-order valence-corrected chi connectivity index (χ3v) is 17.4. The standard InChI is InChI=1S/C75H139NO8/c1-3-5-7-9-11-13-15-17-19-21-23-25-27-29-31-33-34-35-37-38-40-42-44-46-48-50-52-54-56-58-60-62-64-69(78)68(67-83-75-74(82)73(81)72(80)70(66-77)84-75)76-71(79)65-63-61-59-57-55-53-51-49-47-45-43-41-39-36-32-30-28-26-24-22-20-18-16-14-12-10-8-6-4-2/h6,8,12,14,18,20,24,26,30,32,68-70,72-75,77-78,80-82H,3-5,7,9-11,13,15-17,19,21-23,25,27-29,31,33-67H2,1-2H3,(H,76,79)/b8-6-,14-12-,20-18-,26-24-,32-30-. The SMILES string of the molecule is CC/C=C\C/C=C\C/C=C\C/C=C\C/C=C\CCCCCCCCCCCCCCCC(=O)NC(COC1OC(CO)C(O)C(O)C1O)C(O)CCCCCCCCCCCCCCCCCCCCCCCCCCCCCCCCCC. The molecule has 0 aromatic carbocycles. The number of carbonyl (C=O) groups excluding carboxylic acids is 1. The van der Waals surface area contributed by atoms with E-state index in [1.807, 2.05) is 0 Å². The summed E-state index contributed by atoms with van der Waals surface area (Å²) in [6.07, 6.45) is 81.5. The van der Waals surface area contributed by atoms with Gasteiger partial charge in [0, 0.05) is 6.42 Å². The van der Waals surface area contributed by atoms with Crippen LogP contribution in [0.4, 0.5) is 0 Å². The van der Waals surface area contributed by atoms with Crippen molar-refractivity contribution >= 4 is 5.91 Å². The molecule has 1 rings (SSSR count). The zero-order chi connectivity index (χ0) is 60.7. The average Bonchev–Trinajstić information content (AvgIpc) is 3.69. The van der Waals surface area contributed by atoms with Crippen LogP contribution >= 0.6 is 0 Å². The average molecular weight is 1180 g/mol. The molecule has 9 heteroatoms. The van der Waals surface area contributed by atoms with Gasteiger partial charge in [-0.3, -0.25) is 4.79 Å². The van der Waals surface area contributed by atoms with Gasteiger partial charge in [0.1, 0.15) is 24.4 Å². The van der Waals surface area contributed by atoms with Crippen LogP contribution in [-0.4, -0.2) is 87.5 Å². The molecule has 0 saturated carbocycles. The summed E-state index contributed by atoms with van der Waals surface area (Å²) in [4.78, 5) is 13.2. The summed E-state index contributed by atoms with van der Waals surface area (Å²) < 4.78 is 11.4. The topological polar surface area (TPSA) is 149 Å². The van der Waals surface area contributed by atoms with Crippen molar-refractivity contribution in [2.24, 2.45) is 0 Å². The van der Waals surface area contributed by atoms with Gasteiger partial charge in [0.25, 0.3) is 0 Å². The van der Waals surface area contributed by atoms with Crippen LogP contribution in [0.2, 0.25) is 0 Å². The second-order valence-electron chi connectivity index (χ2n) is 25.4. The first kappa shape index (κ1) is 79.9. The van der Waals surface area contributed by atoms with Gasteiger partial charge in [-0.2, -0.15) is 0 Å². The molecule has 1 amide bonds. The van der Waals surface area contributed by atoms with Crippen molar-refractivity contribution in [3.63, 3.8) is 0 Å². The Morgan fingerprint density at radius 3 is 1.10 bits per heavy atom. The monoisotopic (exact) mass is 1180 g/mol. The Morgan fingerprint density at radius 1 is 0.417 bits per heavy atom. The van der Waals surface area contributed by atoms with Gasteiger partial charge in [0.05, 0.1) is 25.4 Å². The smallest absolute Gasteiger partial charge is 0.220 e. The van der Waals surface area contributed by atoms with Crippen LogP contribution in [0.25, 0.3) is 0 Å². The van der Waals surface area contributed by atoms with Crippen LogP contribution in [0.5, 0.6) is 0 Å². The Balaban J connectivity index is 2.10. The minimum absolute atomic E-state index is 0.138. The van der Waals surface area contributed by atoms with E-state index < -0.39 is 49.5 Å². The number of aliphatic hydroxyl groups excluding tert-OH is 5. The van der Waals surface area contributed by atoms with Gasteiger partial charge in [-0.05, 0) is 57.8 Å². The third kappa shape index (κ3) is 51.9. The van der Waals surface area contributed by atoms with Crippen molar-refractivity contribution in [2.75, 3.05) is 13.2 Å². The molecule has 0 spiro atoms. The number of aliphatic hydroxyl groups is 5. The second kappa shape index (κ2) is 63.9. The molecule has 6 N–H and O–H groups in total. The molecule has 0 aliphatic carbocycles. The zero-order valence-electron chi connectivity index (χ0n) is 55.2. The van der Waals surface area contributed by atoms with Crippen molar-refractivity contribution in [1.29, 1.82) is 0 Å². The van der Waals surface area contributed by atoms with Crippen LogP contribution < -0.4 is 5.32 Å². The predicted octanol–water partition coefficient (Wildman–Crippen LogP) is 20.1. The predicted molar refractivity (Wildman–Crippen MR) is 359 cm³/mol. The highest BCUT2D eigenvalue weighted by Gasteiger charge is 2.44. The van der Waals surface area contributed by atoms with E-state index in [0.717, 1.165) is 70.6 Å². The first-order valence-electron chi connectivity index (χ1n) is 36.5. The summed E-state index contributed by atoms with van der Waals surface area (Å²) in [5.41, 5.74) is 0. The summed E-state index contributed by atoms with van der Waals surface area (Å²) in [6.45, 7) is 3.77. The normalized spacial score (nSPS) is 18.5. The highest BCUT2D eigenvalue weighted by atomic mass is 16.7. The van der Waals surface area contributed by atoms with Gasteiger partial charge in [0.15, 0.2) is 6.29 Å². The number of allylic oxidation sites excluding steroid dienone is 10. The van der Waals surface area contributed by atoms with Crippen molar-refractivity contribution in [2.45, 2.75) is 397 Å². The summed E-state index contributed by atoms with van der Waals surface area (Å²) >= 11 is 0. The van der Waals surface area contributed by atoms with Crippen LogP contribution in [0.3, 0.4) is 0 Å². The lowest BCUT2D eigenvalue weighted by atomic mass is 9.99. The number of amides is 1. The van der Waals surface area contributed by atoms with Crippen LogP contribution in [0.15, 0.2) is 60.8 Å². The lowest BCUT2D eigenvalue weighted by molar-refractivity contribution is -0.302. The largest absolute Gasteiger partial charge is 0.394 e. The molecule has 1 aliphatic rings. The molecular formula is C75H139NO8. The molecule has 9 nitrogen and oxygen atoms in total. The van der Waals surface area contributed by atoms with E-state index in [9.17, 15) is 30.3 Å². The molecule has 492 valence electrons. The van der Waals surface area contributed by atoms with Crippen molar-refractivity contribution in [3.05, 3.63) is 60.8 Å². The molecule has 0 radical (unpaired) electrons. The Hall–Kier alpha value is -2.11. The Labute approximate surface area is 519 Å². The van der Waals surface area contributed by atoms with E-state index in [2.05, 4.69) is 79.9 Å². The fourth-order valence-corrected chi connectivity index (χ4v) is 11.7. The van der Waals surface area contributed by atoms with Crippen molar-refractivity contribution in [1.82, 2.24) is 5.32 Å². The molecule has 1 fully saturated rings. The first-order valence-corrected chi connectivity index (χ1v) is 36.5. The fraction of sp³-hybridized carbons (Fsp3) is 0.853. The summed E-state index contributed by atoms with van der Waals surface area (Å²) in [7, 11) is 0. The minimum Gasteiger partial charge on any atom is -0.394 e. The number of carbonyl (C=O) groups is 1. The van der Waals surface area contributed by atoms with E-state index in [4.69, 9.17) is 9.47 Å². The molecule has 0 aromatic rings. The van der Waals surface area contributed by atoms with Gasteiger partial charge in [0.2, 0.25) is 5.91 Å². The maximum atomic E-state index is 13.2. The van der Waals surface area contributed by atoms with Crippen molar-refractivity contribution in [3.8, 4) is 0 Å². The Kier molecular flexibility index (Phi) is 60.8. The summed E-state index contributed by atoms with van der Waals surface area (Å²) in [5.74, 6) is -0.142. The van der Waals surface area contributed by atoms with E-state index in [1.54, 1.807) is 0 Å². The third-order valence-electron chi connectivity index (χ3n) is 17.4. The lowest BCUT2D eigenvalue weighted by Gasteiger charge is -2.40. The van der Waals surface area contributed by atoms with E-state index >= 15 is 0 Å². The summed E-state index contributed by atoms with van der Waals surface area (Å²) in [6, 6.07) is -0.724. The molecule has 7 unspecified atom stereocenters. The van der Waals surface area contributed by atoms with E-state index in [-0.39, 0.29) is 12.5 Å². The zero-order valence-corrected chi connectivity index (χ0v) is 55.2. The van der Waals surface area contributed by atoms with Crippen LogP contribution in [0, 0.1) is 0 Å². The highest BCUT2D eigenvalue weighted by molar-refractivity contribution is 5.76. The lowest BCUT2D eigenvalue weighted by Crippen LogP contribution is -2.60. The number of rotatable bonds is 64. The van der Waals surface area contributed by atoms with E-state index in [0.29, 0.717) is 12.8 Å². The Morgan fingerprint density at radius 2 is 0.738 bits per heavy atom. The molecule has 84 heavy (non-hydrogen) atoms. The fourth-order valence-electron chi connectivity index (χ4n) is 11.7. The molecule has 0 aromatic heterocycles. The number of unbranched alkanes of at least 4 members (excludes halogenated alkanes) is 44. The molecule has 1 heterocycles. The maximum absolute atomic E-state index is 13.2. The number of nitrogens with one attached hydrogen (secondary N) is 1. The van der Waals surface area contributed by atoms with E-state index in [1.165, 1.54) is 257 Å². The van der Waals surface area contributed by atoms with Gasteiger partial charge in [-0.15, -0.1) is 0 Å². The molecule has 1 aliphatic heterocycles. The summed E-state index contributed by atoms with van der Waals surface area (Å²) in [5, 5.41) is 55.0. The molecular weight excluding hydrogens is 1040 g/mol. The Bertz CT molecular complexity index is 1510. The highest BCUT2D eigenvalue weighted by Crippen LogP contribution is 2.24. The maximum Gasteiger partial charge on any atom is 0.220 e. The molecule has 0 bridgehead atoms. The molecule has 1 saturated heterocycles. The van der Waals surface area contributed by atoms with Crippen LogP contribution in [-0.2, 0) is 14.3 Å². The van der Waals surface area contributed by atoms with Crippen molar-refractivity contribution < 1.29 is 39.8 Å². The number of hydrogen-bond donors (Lipinski definition) is 6. The van der Waals surface area contributed by atoms with Gasteiger partial charge in [-0.25, -0.2) is 0 Å². The van der Waals surface area contributed by atoms with Crippen LogP contribution in [0.1, 0.15) is 354 Å². The molecule has 7 atom stereocenters. The van der Waals surface area contributed by atoms with Gasteiger partial charge < -0.3 is 40.3 Å². The quantitative estimate of drug-likeness (QED) is 0.0261. The minimum atomic E-state index is -1.56. The number of hydrogen-bond acceptors (Lipinski definition) is 8. The van der Waals surface area contributed by atoms with Gasteiger partial charge in [-0.1, -0.05) is 351 Å². The number of ether oxygens (including phenoxy) is 2.